The van der Waals surface area contributed by atoms with Crippen LogP contribution in [0.4, 0.5) is 4.79 Å². The van der Waals surface area contributed by atoms with Crippen LogP contribution in [0.3, 0.4) is 0 Å². The van der Waals surface area contributed by atoms with Gasteiger partial charge in [0.05, 0.1) is 5.92 Å². The summed E-state index contributed by atoms with van der Waals surface area (Å²) in [5, 5.41) is 14.6. The van der Waals surface area contributed by atoms with Gasteiger partial charge in [-0.1, -0.05) is 48.5 Å². The standard InChI is InChI=1S/C25H26N2O5/c28-23(26-12-15-11-21(15)24(29)30)14-9-16(10-14)27-25(31)32-13-22-19-7-3-1-5-17(19)18-6-2-4-8-20(18)22/h1-8,14-16,21-22H,9-13H2,(H,26,28)(H,27,31)(H,29,30). The molecule has 3 aliphatic rings. The molecule has 2 unspecified atom stereocenters. The van der Waals surface area contributed by atoms with Gasteiger partial charge in [0.2, 0.25) is 5.91 Å². The lowest BCUT2D eigenvalue weighted by atomic mass is 9.79. The summed E-state index contributed by atoms with van der Waals surface area (Å²) < 4.78 is 5.56. The van der Waals surface area contributed by atoms with Crippen molar-refractivity contribution < 1.29 is 24.2 Å². The Labute approximate surface area is 186 Å². The first-order valence-electron chi connectivity index (χ1n) is 11.1. The third kappa shape index (κ3) is 3.95. The summed E-state index contributed by atoms with van der Waals surface area (Å²) >= 11 is 0. The number of carboxylic acids is 1. The molecule has 0 spiro atoms. The van der Waals surface area contributed by atoms with E-state index in [1.165, 1.54) is 22.3 Å². The number of hydrogen-bond acceptors (Lipinski definition) is 4. The van der Waals surface area contributed by atoms with Crippen molar-refractivity contribution in [3.8, 4) is 11.1 Å². The quantitative estimate of drug-likeness (QED) is 0.621. The largest absolute Gasteiger partial charge is 0.481 e. The van der Waals surface area contributed by atoms with Crippen LogP contribution >= 0.6 is 0 Å². The van der Waals surface area contributed by atoms with Gasteiger partial charge >= 0.3 is 12.1 Å². The molecule has 7 nitrogen and oxygen atoms in total. The Morgan fingerprint density at radius 1 is 0.938 bits per heavy atom. The first-order valence-corrected chi connectivity index (χ1v) is 11.1. The molecule has 0 radical (unpaired) electrons. The fourth-order valence-corrected chi connectivity index (χ4v) is 4.91. The van der Waals surface area contributed by atoms with Crippen molar-refractivity contribution in [2.24, 2.45) is 17.8 Å². The number of alkyl carbamates (subject to hydrolysis) is 1. The number of amides is 2. The summed E-state index contributed by atoms with van der Waals surface area (Å²) in [5.41, 5.74) is 4.71. The number of carboxylic acid groups (broad SMARTS) is 1. The molecular formula is C25H26N2O5. The van der Waals surface area contributed by atoms with Gasteiger partial charge in [-0.15, -0.1) is 0 Å². The van der Waals surface area contributed by atoms with Gasteiger partial charge < -0.3 is 20.5 Å². The Hall–Kier alpha value is -3.35. The third-order valence-corrected chi connectivity index (χ3v) is 6.95. The van der Waals surface area contributed by atoms with Crippen molar-refractivity contribution in [3.63, 3.8) is 0 Å². The molecule has 2 aromatic rings. The van der Waals surface area contributed by atoms with Crippen LogP contribution in [0, 0.1) is 17.8 Å². The average Bonchev–Trinajstić information content (AvgIpc) is 3.49. The zero-order valence-electron chi connectivity index (χ0n) is 17.6. The molecule has 7 heteroatoms. The second-order valence-corrected chi connectivity index (χ2v) is 9.02. The first kappa shape index (κ1) is 20.5. The van der Waals surface area contributed by atoms with Crippen molar-refractivity contribution in [2.75, 3.05) is 13.2 Å². The van der Waals surface area contributed by atoms with Crippen LogP contribution in [0.1, 0.15) is 36.3 Å². The topological polar surface area (TPSA) is 105 Å². The smallest absolute Gasteiger partial charge is 0.407 e. The number of carbonyl (C=O) groups excluding carboxylic acids is 2. The van der Waals surface area contributed by atoms with Crippen LogP contribution in [0.25, 0.3) is 11.1 Å². The van der Waals surface area contributed by atoms with Crippen molar-refractivity contribution >= 4 is 18.0 Å². The van der Waals surface area contributed by atoms with E-state index in [2.05, 4.69) is 34.9 Å². The number of ether oxygens (including phenoxy) is 1. The highest BCUT2D eigenvalue weighted by molar-refractivity contribution is 5.81. The number of fused-ring (bicyclic) bond motifs is 3. The summed E-state index contributed by atoms with van der Waals surface area (Å²) in [6, 6.07) is 16.3. The van der Waals surface area contributed by atoms with Gasteiger partial charge in [0.1, 0.15) is 6.61 Å². The highest BCUT2D eigenvalue weighted by Crippen LogP contribution is 2.44. The van der Waals surface area contributed by atoms with Crippen LogP contribution in [0.5, 0.6) is 0 Å². The molecule has 2 aromatic carbocycles. The molecule has 2 fully saturated rings. The summed E-state index contributed by atoms with van der Waals surface area (Å²) in [6.45, 7) is 0.680. The van der Waals surface area contributed by atoms with Gasteiger partial charge in [-0.25, -0.2) is 4.79 Å². The van der Waals surface area contributed by atoms with E-state index in [4.69, 9.17) is 9.84 Å². The Morgan fingerprint density at radius 3 is 2.16 bits per heavy atom. The summed E-state index contributed by atoms with van der Waals surface area (Å²) in [7, 11) is 0. The molecule has 2 saturated carbocycles. The molecular weight excluding hydrogens is 408 g/mol. The normalized spacial score (nSPS) is 25.1. The minimum Gasteiger partial charge on any atom is -0.481 e. The molecule has 166 valence electrons. The monoisotopic (exact) mass is 434 g/mol. The Kier molecular flexibility index (Phi) is 5.33. The SMILES string of the molecule is O=C(NC1CC(C(=O)NCC2CC2C(=O)O)C1)OCC1c2ccccc2-c2ccccc21. The maximum Gasteiger partial charge on any atom is 0.407 e. The molecule has 0 aliphatic heterocycles. The van der Waals surface area contributed by atoms with Gasteiger partial charge in [-0.2, -0.15) is 0 Å². The Balaban J connectivity index is 1.07. The molecule has 0 heterocycles. The summed E-state index contributed by atoms with van der Waals surface area (Å²) in [6.07, 6.45) is 1.32. The number of rotatable bonds is 7. The van der Waals surface area contributed by atoms with Crippen LogP contribution < -0.4 is 10.6 Å². The van der Waals surface area contributed by atoms with E-state index in [9.17, 15) is 14.4 Å². The predicted octanol–water partition coefficient (Wildman–Crippen LogP) is 3.14. The molecule has 2 amide bonds. The number of carbonyl (C=O) groups is 3. The van der Waals surface area contributed by atoms with Crippen molar-refractivity contribution in [1.29, 1.82) is 0 Å². The molecule has 3 N–H and O–H groups in total. The highest BCUT2D eigenvalue weighted by atomic mass is 16.5. The zero-order valence-corrected chi connectivity index (χ0v) is 17.6. The maximum atomic E-state index is 12.3. The number of nitrogens with one attached hydrogen (secondary N) is 2. The van der Waals surface area contributed by atoms with Crippen molar-refractivity contribution in [2.45, 2.75) is 31.2 Å². The average molecular weight is 434 g/mol. The predicted molar refractivity (Wildman–Crippen MR) is 117 cm³/mol. The van der Waals surface area contributed by atoms with Crippen LogP contribution in [-0.4, -0.2) is 42.3 Å². The number of benzene rings is 2. The van der Waals surface area contributed by atoms with E-state index >= 15 is 0 Å². The lowest BCUT2D eigenvalue weighted by molar-refractivity contribution is -0.139. The zero-order chi connectivity index (χ0) is 22.2. The van der Waals surface area contributed by atoms with E-state index in [0.717, 1.165) is 0 Å². The summed E-state index contributed by atoms with van der Waals surface area (Å²) in [4.78, 5) is 35.4. The second-order valence-electron chi connectivity index (χ2n) is 9.02. The second kappa shape index (κ2) is 8.30. The molecule has 3 aliphatic carbocycles. The molecule has 32 heavy (non-hydrogen) atoms. The minimum absolute atomic E-state index is 0.0186. The fourth-order valence-electron chi connectivity index (χ4n) is 4.91. The lowest BCUT2D eigenvalue weighted by Crippen LogP contribution is -2.49. The molecule has 0 saturated heterocycles. The first-order chi connectivity index (χ1) is 15.5. The van der Waals surface area contributed by atoms with Crippen molar-refractivity contribution in [1.82, 2.24) is 10.6 Å². The van der Waals surface area contributed by atoms with Crippen LogP contribution in [0.2, 0.25) is 0 Å². The molecule has 2 atom stereocenters. The van der Waals surface area contributed by atoms with E-state index in [-0.39, 0.29) is 42.2 Å². The van der Waals surface area contributed by atoms with Gasteiger partial charge in [0.15, 0.2) is 0 Å². The molecule has 0 bridgehead atoms. The van der Waals surface area contributed by atoms with E-state index in [1.807, 2.05) is 24.3 Å². The number of aliphatic carboxylic acids is 1. The van der Waals surface area contributed by atoms with Crippen molar-refractivity contribution in [3.05, 3.63) is 59.7 Å². The van der Waals surface area contributed by atoms with Crippen LogP contribution in [-0.2, 0) is 14.3 Å². The maximum absolute atomic E-state index is 12.3. The fraction of sp³-hybridized carbons (Fsp3) is 0.400. The summed E-state index contributed by atoms with van der Waals surface area (Å²) in [5.74, 6) is -1.25. The molecule has 5 rings (SSSR count). The Bertz CT molecular complexity index is 1020. The van der Waals surface area contributed by atoms with Gasteiger partial charge in [0.25, 0.3) is 0 Å². The van der Waals surface area contributed by atoms with E-state index < -0.39 is 12.1 Å². The van der Waals surface area contributed by atoms with E-state index in [0.29, 0.717) is 25.8 Å². The molecule has 0 aromatic heterocycles. The van der Waals surface area contributed by atoms with Gasteiger partial charge in [0, 0.05) is 24.4 Å². The Morgan fingerprint density at radius 2 is 1.56 bits per heavy atom. The van der Waals surface area contributed by atoms with Gasteiger partial charge in [-0.3, -0.25) is 9.59 Å². The highest BCUT2D eigenvalue weighted by Gasteiger charge is 2.44. The van der Waals surface area contributed by atoms with E-state index in [1.54, 1.807) is 0 Å². The van der Waals surface area contributed by atoms with Crippen LogP contribution in [0.15, 0.2) is 48.5 Å². The number of hydrogen-bond donors (Lipinski definition) is 3. The minimum atomic E-state index is -0.791. The lowest BCUT2D eigenvalue weighted by Gasteiger charge is -2.34. The third-order valence-electron chi connectivity index (χ3n) is 6.95. The van der Waals surface area contributed by atoms with Gasteiger partial charge in [-0.05, 0) is 47.4 Å².